The lowest BCUT2D eigenvalue weighted by molar-refractivity contribution is -0.119. The van der Waals surface area contributed by atoms with Crippen LogP contribution in [-0.4, -0.2) is 21.8 Å². The van der Waals surface area contributed by atoms with E-state index in [1.54, 1.807) is 12.3 Å². The molecule has 10 heteroatoms. The fourth-order valence-electron chi connectivity index (χ4n) is 3.62. The Hall–Kier alpha value is -3.85. The Balaban J connectivity index is 1.46. The molecule has 0 fully saturated rings. The van der Waals surface area contributed by atoms with Crippen molar-refractivity contribution < 1.29 is 22.8 Å². The summed E-state index contributed by atoms with van der Waals surface area (Å²) in [5.74, 6) is -3.43. The van der Waals surface area contributed by atoms with Crippen LogP contribution in [0.1, 0.15) is 39.5 Å². The molecule has 6 nitrogen and oxygen atoms in total. The average molecular weight is 501 g/mol. The zero-order valence-corrected chi connectivity index (χ0v) is 19.3. The molecule has 35 heavy (non-hydrogen) atoms. The SMILES string of the molecule is CC(=O)NCc1ccc(Cc2cncc(C(=O)NCc3cc4c(Cl)c[nH]c4cc3F)c2)c(F)c1F. The molecule has 180 valence electrons. The second kappa shape index (κ2) is 10.2. The van der Waals surface area contributed by atoms with E-state index in [0.29, 0.717) is 21.5 Å². The van der Waals surface area contributed by atoms with Crippen LogP contribution < -0.4 is 10.6 Å². The Morgan fingerprint density at radius 1 is 0.971 bits per heavy atom. The van der Waals surface area contributed by atoms with Crippen LogP contribution in [0, 0.1) is 17.5 Å². The number of aromatic amines is 1. The maximum atomic E-state index is 14.6. The number of pyridine rings is 1. The van der Waals surface area contributed by atoms with Crippen molar-refractivity contribution in [2.75, 3.05) is 0 Å². The van der Waals surface area contributed by atoms with Crippen molar-refractivity contribution in [3.63, 3.8) is 0 Å². The zero-order valence-electron chi connectivity index (χ0n) is 18.5. The first-order valence-corrected chi connectivity index (χ1v) is 11.0. The molecule has 0 aliphatic carbocycles. The van der Waals surface area contributed by atoms with E-state index in [-0.39, 0.29) is 47.7 Å². The molecule has 2 heterocycles. The van der Waals surface area contributed by atoms with E-state index in [4.69, 9.17) is 11.6 Å². The van der Waals surface area contributed by atoms with Crippen LogP contribution in [0.2, 0.25) is 5.02 Å². The monoisotopic (exact) mass is 500 g/mol. The van der Waals surface area contributed by atoms with Crippen molar-refractivity contribution in [3.05, 3.63) is 99.2 Å². The van der Waals surface area contributed by atoms with Crippen molar-refractivity contribution >= 4 is 34.3 Å². The molecule has 0 aliphatic rings. The van der Waals surface area contributed by atoms with E-state index < -0.39 is 23.4 Å². The summed E-state index contributed by atoms with van der Waals surface area (Å²) in [4.78, 5) is 30.5. The van der Waals surface area contributed by atoms with Crippen molar-refractivity contribution in [2.24, 2.45) is 0 Å². The molecular weight excluding hydrogens is 481 g/mol. The van der Waals surface area contributed by atoms with E-state index in [1.807, 2.05) is 0 Å². The number of rotatable bonds is 7. The normalized spacial score (nSPS) is 11.0. The largest absolute Gasteiger partial charge is 0.360 e. The maximum absolute atomic E-state index is 14.6. The predicted octanol–water partition coefficient (Wildman–Crippen LogP) is 4.79. The Bertz CT molecular complexity index is 1440. The van der Waals surface area contributed by atoms with E-state index in [1.165, 1.54) is 43.6 Å². The molecule has 2 aromatic carbocycles. The van der Waals surface area contributed by atoms with Crippen LogP contribution in [-0.2, 0) is 24.3 Å². The number of nitrogens with one attached hydrogen (secondary N) is 3. The molecule has 4 rings (SSSR count). The minimum absolute atomic E-state index is 0.00538. The number of carbonyl (C=O) groups excluding carboxylic acids is 2. The smallest absolute Gasteiger partial charge is 0.253 e. The van der Waals surface area contributed by atoms with Gasteiger partial charge in [-0.15, -0.1) is 0 Å². The van der Waals surface area contributed by atoms with Crippen molar-refractivity contribution in [3.8, 4) is 0 Å². The van der Waals surface area contributed by atoms with E-state index in [0.717, 1.165) is 0 Å². The van der Waals surface area contributed by atoms with Crippen molar-refractivity contribution in [1.82, 2.24) is 20.6 Å². The summed E-state index contributed by atoms with van der Waals surface area (Å²) in [6, 6.07) is 7.20. The third kappa shape index (κ3) is 5.46. The maximum Gasteiger partial charge on any atom is 0.253 e. The number of benzene rings is 2. The fourth-order valence-corrected chi connectivity index (χ4v) is 3.83. The summed E-state index contributed by atoms with van der Waals surface area (Å²) < 4.78 is 43.3. The van der Waals surface area contributed by atoms with Gasteiger partial charge in [0.1, 0.15) is 5.82 Å². The number of fused-ring (bicyclic) bond motifs is 1. The lowest BCUT2D eigenvalue weighted by Gasteiger charge is -2.10. The van der Waals surface area contributed by atoms with Crippen LogP contribution in [0.3, 0.4) is 0 Å². The van der Waals surface area contributed by atoms with Crippen molar-refractivity contribution in [2.45, 2.75) is 26.4 Å². The van der Waals surface area contributed by atoms with Crippen LogP contribution >= 0.6 is 11.6 Å². The first-order chi connectivity index (χ1) is 16.7. The highest BCUT2D eigenvalue weighted by molar-refractivity contribution is 6.35. The first-order valence-electron chi connectivity index (χ1n) is 10.6. The predicted molar refractivity (Wildman–Crippen MR) is 125 cm³/mol. The number of amides is 2. The topological polar surface area (TPSA) is 86.9 Å². The quantitative estimate of drug-likeness (QED) is 0.341. The molecule has 2 aromatic heterocycles. The first kappa shape index (κ1) is 24.3. The minimum Gasteiger partial charge on any atom is -0.360 e. The zero-order chi connectivity index (χ0) is 25.1. The van der Waals surface area contributed by atoms with Gasteiger partial charge < -0.3 is 15.6 Å². The molecule has 2 amide bonds. The van der Waals surface area contributed by atoms with Gasteiger partial charge in [0.2, 0.25) is 5.91 Å². The standard InChI is InChI=1S/C25H20ClF3N4O2/c1-13(34)31-10-16-3-2-15(23(28)24(16)29)4-14-5-18(9-30-8-14)25(35)33-11-17-6-19-20(26)12-32-22(19)7-21(17)27/h2-3,5-9,12,32H,4,10-11H2,1H3,(H,31,34)(H,33,35). The minimum atomic E-state index is -1.04. The summed E-state index contributed by atoms with van der Waals surface area (Å²) in [5.41, 5.74) is 1.58. The number of aromatic nitrogens is 2. The second-order valence-electron chi connectivity index (χ2n) is 7.99. The molecule has 0 saturated heterocycles. The molecule has 0 spiro atoms. The third-order valence-electron chi connectivity index (χ3n) is 5.46. The Morgan fingerprint density at radius 2 is 1.69 bits per heavy atom. The van der Waals surface area contributed by atoms with Crippen LogP contribution in [0.5, 0.6) is 0 Å². The Labute approximate surface area is 203 Å². The Kier molecular flexibility index (Phi) is 7.07. The lowest BCUT2D eigenvalue weighted by Crippen LogP contribution is -2.23. The molecule has 0 unspecified atom stereocenters. The number of H-pyrrole nitrogens is 1. The number of carbonyl (C=O) groups is 2. The molecule has 0 bridgehead atoms. The van der Waals surface area contributed by atoms with E-state index >= 15 is 0 Å². The summed E-state index contributed by atoms with van der Waals surface area (Å²) in [5, 5.41) is 6.14. The van der Waals surface area contributed by atoms with Gasteiger partial charge in [-0.3, -0.25) is 14.6 Å². The van der Waals surface area contributed by atoms with Gasteiger partial charge in [0.15, 0.2) is 11.6 Å². The summed E-state index contributed by atoms with van der Waals surface area (Å²) in [6.45, 7) is 1.08. The highest BCUT2D eigenvalue weighted by Crippen LogP contribution is 2.26. The lowest BCUT2D eigenvalue weighted by atomic mass is 10.0. The molecule has 0 aliphatic heterocycles. The van der Waals surface area contributed by atoms with Gasteiger partial charge in [-0.2, -0.15) is 0 Å². The summed E-state index contributed by atoms with van der Waals surface area (Å²) in [6.07, 6.45) is 4.32. The highest BCUT2D eigenvalue weighted by Gasteiger charge is 2.16. The second-order valence-corrected chi connectivity index (χ2v) is 8.40. The van der Waals surface area contributed by atoms with Gasteiger partial charge in [0.05, 0.1) is 10.6 Å². The number of nitrogens with zero attached hydrogens (tertiary/aromatic N) is 1. The van der Waals surface area contributed by atoms with Gasteiger partial charge in [0.25, 0.3) is 5.91 Å². The number of halogens is 4. The van der Waals surface area contributed by atoms with Crippen LogP contribution in [0.4, 0.5) is 13.2 Å². The van der Waals surface area contributed by atoms with Gasteiger partial charge in [-0.25, -0.2) is 13.2 Å². The van der Waals surface area contributed by atoms with Gasteiger partial charge in [-0.05, 0) is 29.3 Å². The van der Waals surface area contributed by atoms with Crippen LogP contribution in [0.25, 0.3) is 10.9 Å². The van der Waals surface area contributed by atoms with Gasteiger partial charge >= 0.3 is 0 Å². The van der Waals surface area contributed by atoms with E-state index in [2.05, 4.69) is 20.6 Å². The fraction of sp³-hybridized carbons (Fsp3) is 0.160. The molecule has 0 atom stereocenters. The number of hydrogen-bond donors (Lipinski definition) is 3. The highest BCUT2D eigenvalue weighted by atomic mass is 35.5. The van der Waals surface area contributed by atoms with Crippen LogP contribution in [0.15, 0.2) is 48.9 Å². The molecule has 0 saturated carbocycles. The van der Waals surface area contributed by atoms with Gasteiger partial charge in [-0.1, -0.05) is 23.7 Å². The average Bonchev–Trinajstić information content (AvgIpc) is 3.19. The van der Waals surface area contributed by atoms with Gasteiger partial charge in [0, 0.05) is 67.1 Å². The summed E-state index contributed by atoms with van der Waals surface area (Å²) >= 11 is 6.08. The number of hydrogen-bond acceptors (Lipinski definition) is 3. The molecule has 4 aromatic rings. The summed E-state index contributed by atoms with van der Waals surface area (Å²) in [7, 11) is 0. The van der Waals surface area contributed by atoms with Crippen molar-refractivity contribution in [1.29, 1.82) is 0 Å². The molecular formula is C25H20ClF3N4O2. The Morgan fingerprint density at radius 3 is 2.46 bits per heavy atom. The molecule has 3 N–H and O–H groups in total. The van der Waals surface area contributed by atoms with E-state index in [9.17, 15) is 22.8 Å². The molecule has 0 radical (unpaired) electrons. The third-order valence-corrected chi connectivity index (χ3v) is 5.77.